The van der Waals surface area contributed by atoms with Gasteiger partial charge in [0.1, 0.15) is 17.1 Å². The summed E-state index contributed by atoms with van der Waals surface area (Å²) in [6.45, 7) is 10.0. The standard InChI is InChI=1S/C33H42N2O9S/c1-5-8-12-24-27(28-25(42-24)21-26-31(45(39,40)34-4)30(28)44-33(38)32(37)43-26)29(36)22-13-15-23(16-14-22)41-20-11-19-35(17-9-6-2)18-10-7-3/h13-16,21,34H,5-12,17-20H2,1-4H3. The summed E-state index contributed by atoms with van der Waals surface area (Å²) >= 11 is 0. The van der Waals surface area contributed by atoms with Gasteiger partial charge in [0, 0.05) is 24.6 Å². The smallest absolute Gasteiger partial charge is 0.423 e. The van der Waals surface area contributed by atoms with Gasteiger partial charge in [0.05, 0.1) is 17.6 Å². The summed E-state index contributed by atoms with van der Waals surface area (Å²) in [5.74, 6) is -3.27. The van der Waals surface area contributed by atoms with Gasteiger partial charge in [-0.15, -0.1) is 0 Å². The first kappa shape index (κ1) is 34.1. The van der Waals surface area contributed by atoms with E-state index in [1.54, 1.807) is 24.3 Å². The van der Waals surface area contributed by atoms with Crippen LogP contribution in [0.2, 0.25) is 0 Å². The average Bonchev–Trinajstić information content (AvgIpc) is 3.36. The number of unbranched alkanes of at least 4 members (excludes halogenated alkanes) is 3. The van der Waals surface area contributed by atoms with Gasteiger partial charge in [-0.2, -0.15) is 0 Å². The van der Waals surface area contributed by atoms with Crippen molar-refractivity contribution >= 4 is 38.7 Å². The van der Waals surface area contributed by atoms with Crippen molar-refractivity contribution < 1.29 is 41.4 Å². The van der Waals surface area contributed by atoms with Crippen LogP contribution in [0.3, 0.4) is 0 Å². The lowest BCUT2D eigenvalue weighted by Gasteiger charge is -2.21. The van der Waals surface area contributed by atoms with Gasteiger partial charge in [0.25, 0.3) is 0 Å². The van der Waals surface area contributed by atoms with E-state index in [1.807, 2.05) is 6.92 Å². The minimum absolute atomic E-state index is 0.0219. The van der Waals surface area contributed by atoms with Crippen molar-refractivity contribution in [1.29, 1.82) is 0 Å². The molecule has 2 aromatic carbocycles. The number of aryl methyl sites for hydroxylation is 1. The molecule has 244 valence electrons. The molecule has 0 unspecified atom stereocenters. The predicted octanol–water partition coefficient (Wildman–Crippen LogP) is 5.41. The SMILES string of the molecule is CCCCc1oc2cc3c(S(=O)(=O)NC)c(c2c1C(=O)c1ccc(OCCCN(CCCC)CCCC)cc1)OC(=O)C(=O)O3. The molecular formula is C33H42N2O9S. The molecule has 0 radical (unpaired) electrons. The number of carbonyl (C=O) groups is 3. The van der Waals surface area contributed by atoms with Gasteiger partial charge in [0.15, 0.2) is 22.2 Å². The Morgan fingerprint density at radius 2 is 1.51 bits per heavy atom. The number of esters is 2. The van der Waals surface area contributed by atoms with Crippen LogP contribution in [-0.2, 0) is 26.0 Å². The fraction of sp³-hybridized carbons (Fsp3) is 0.485. The summed E-state index contributed by atoms with van der Waals surface area (Å²) < 4.78 is 50.5. The number of ether oxygens (including phenoxy) is 3. The molecule has 1 aromatic heterocycles. The molecule has 12 heteroatoms. The zero-order chi connectivity index (χ0) is 32.6. The Balaban J connectivity index is 1.63. The Hall–Kier alpha value is -3.74. The fourth-order valence-corrected chi connectivity index (χ4v) is 6.17. The van der Waals surface area contributed by atoms with E-state index in [-0.39, 0.29) is 16.5 Å². The van der Waals surface area contributed by atoms with Crippen molar-refractivity contribution in [3.63, 3.8) is 0 Å². The Kier molecular flexibility index (Phi) is 11.8. The molecule has 2 bridgehead atoms. The summed E-state index contributed by atoms with van der Waals surface area (Å²) in [6, 6.07) is 7.88. The molecule has 2 heterocycles. The molecule has 0 saturated carbocycles. The van der Waals surface area contributed by atoms with E-state index in [9.17, 15) is 22.8 Å². The molecular weight excluding hydrogens is 600 g/mol. The highest BCUT2D eigenvalue weighted by molar-refractivity contribution is 7.89. The number of fused-ring (bicyclic) bond motifs is 4. The first-order chi connectivity index (χ1) is 21.6. The second-order valence-electron chi connectivity index (χ2n) is 11.0. The summed E-state index contributed by atoms with van der Waals surface area (Å²) in [4.78, 5) is 40.6. The molecule has 0 fully saturated rings. The van der Waals surface area contributed by atoms with Crippen LogP contribution >= 0.6 is 0 Å². The lowest BCUT2D eigenvalue weighted by molar-refractivity contribution is -0.155. The number of rotatable bonds is 18. The van der Waals surface area contributed by atoms with E-state index in [2.05, 4.69) is 23.5 Å². The number of carbonyl (C=O) groups excluding carboxylic acids is 3. The number of nitrogens with zero attached hydrogens (tertiary/aromatic N) is 1. The van der Waals surface area contributed by atoms with Crippen molar-refractivity contribution in [2.45, 2.75) is 77.0 Å². The number of hydrogen-bond donors (Lipinski definition) is 1. The van der Waals surface area contributed by atoms with Crippen molar-refractivity contribution in [2.75, 3.05) is 33.3 Å². The first-order valence-electron chi connectivity index (χ1n) is 15.6. The van der Waals surface area contributed by atoms with E-state index in [4.69, 9.17) is 18.6 Å². The maximum absolute atomic E-state index is 14.0. The highest BCUT2D eigenvalue weighted by atomic mass is 32.2. The quantitative estimate of drug-likeness (QED) is 0.0629. The van der Waals surface area contributed by atoms with Gasteiger partial charge >= 0.3 is 11.9 Å². The third kappa shape index (κ3) is 7.92. The van der Waals surface area contributed by atoms with Gasteiger partial charge in [-0.1, -0.05) is 40.0 Å². The molecule has 4 rings (SSSR count). The molecule has 0 atom stereocenters. The normalized spacial score (nSPS) is 13.2. The average molecular weight is 643 g/mol. The number of nitrogens with one attached hydrogen (secondary N) is 1. The van der Waals surface area contributed by atoms with Gasteiger partial charge in [0.2, 0.25) is 10.0 Å². The van der Waals surface area contributed by atoms with Crippen LogP contribution in [0, 0.1) is 0 Å². The van der Waals surface area contributed by atoms with Crippen molar-refractivity contribution in [3.8, 4) is 17.2 Å². The van der Waals surface area contributed by atoms with E-state index in [0.717, 1.165) is 45.3 Å². The number of benzene rings is 2. The number of hydrogen-bond acceptors (Lipinski definition) is 10. The molecule has 11 nitrogen and oxygen atoms in total. The minimum Gasteiger partial charge on any atom is -0.494 e. The Morgan fingerprint density at radius 1 is 0.889 bits per heavy atom. The number of ketones is 1. The summed E-state index contributed by atoms with van der Waals surface area (Å²) in [7, 11) is -3.14. The van der Waals surface area contributed by atoms with Crippen molar-refractivity contribution in [2.24, 2.45) is 0 Å². The molecule has 1 N–H and O–H groups in total. The van der Waals surface area contributed by atoms with Gasteiger partial charge in [-0.3, -0.25) is 4.79 Å². The second-order valence-corrected chi connectivity index (χ2v) is 12.8. The molecule has 1 aliphatic heterocycles. The maximum atomic E-state index is 14.0. The minimum atomic E-state index is -4.31. The zero-order valence-corrected chi connectivity index (χ0v) is 27.2. The van der Waals surface area contributed by atoms with E-state index in [0.29, 0.717) is 36.5 Å². The van der Waals surface area contributed by atoms with E-state index < -0.39 is 44.1 Å². The Bertz CT molecular complexity index is 1620. The number of sulfonamides is 1. The third-order valence-corrected chi connectivity index (χ3v) is 9.13. The van der Waals surface area contributed by atoms with Crippen LogP contribution in [0.25, 0.3) is 11.0 Å². The number of furan rings is 1. The van der Waals surface area contributed by atoms with Gasteiger partial charge in [-0.05, 0) is 70.1 Å². The van der Waals surface area contributed by atoms with E-state index >= 15 is 0 Å². The van der Waals surface area contributed by atoms with Gasteiger partial charge in [-0.25, -0.2) is 22.7 Å². The highest BCUT2D eigenvalue weighted by Gasteiger charge is 2.39. The predicted molar refractivity (Wildman–Crippen MR) is 169 cm³/mol. The van der Waals surface area contributed by atoms with Crippen molar-refractivity contribution in [1.82, 2.24) is 9.62 Å². The van der Waals surface area contributed by atoms with Crippen molar-refractivity contribution in [3.05, 3.63) is 47.2 Å². The van der Waals surface area contributed by atoms with Crippen LogP contribution in [0.5, 0.6) is 17.2 Å². The molecule has 0 spiro atoms. The van der Waals surface area contributed by atoms with Gasteiger partial charge < -0.3 is 23.5 Å². The summed E-state index contributed by atoms with van der Waals surface area (Å²) in [5, 5.41) is -0.0219. The molecule has 1 aliphatic rings. The summed E-state index contributed by atoms with van der Waals surface area (Å²) in [6.07, 6.45) is 7.41. The zero-order valence-electron chi connectivity index (χ0n) is 26.4. The molecule has 0 amide bonds. The largest absolute Gasteiger partial charge is 0.494 e. The lowest BCUT2D eigenvalue weighted by atomic mass is 9.97. The van der Waals surface area contributed by atoms with Crippen LogP contribution in [-0.4, -0.2) is 64.3 Å². The van der Waals surface area contributed by atoms with Crippen LogP contribution in [0.1, 0.15) is 87.4 Å². The molecule has 0 saturated heterocycles. The highest BCUT2D eigenvalue weighted by Crippen LogP contribution is 2.46. The summed E-state index contributed by atoms with van der Waals surface area (Å²) in [5.41, 5.74) is 0.413. The van der Waals surface area contributed by atoms with Crippen LogP contribution in [0.15, 0.2) is 39.6 Å². The monoisotopic (exact) mass is 642 g/mol. The molecule has 45 heavy (non-hydrogen) atoms. The second kappa shape index (κ2) is 15.5. The van der Waals surface area contributed by atoms with Crippen LogP contribution in [0.4, 0.5) is 0 Å². The molecule has 3 aromatic rings. The topological polar surface area (TPSA) is 141 Å². The third-order valence-electron chi connectivity index (χ3n) is 7.67. The van der Waals surface area contributed by atoms with Crippen LogP contribution < -0.4 is 18.9 Å². The lowest BCUT2D eigenvalue weighted by Crippen LogP contribution is -2.28. The Labute approximate surface area is 264 Å². The van der Waals surface area contributed by atoms with E-state index in [1.165, 1.54) is 26.0 Å². The Morgan fingerprint density at radius 3 is 2.13 bits per heavy atom. The first-order valence-corrected chi connectivity index (χ1v) is 17.1. The molecule has 0 aliphatic carbocycles. The fourth-order valence-electron chi connectivity index (χ4n) is 5.22. The maximum Gasteiger partial charge on any atom is 0.423 e.